The zero-order valence-corrected chi connectivity index (χ0v) is 10.4. The summed E-state index contributed by atoms with van der Waals surface area (Å²) in [7, 11) is 1.71. The van der Waals surface area contributed by atoms with Gasteiger partial charge in [-0.15, -0.1) is 0 Å². The van der Waals surface area contributed by atoms with Gasteiger partial charge in [0.15, 0.2) is 0 Å². The number of aromatic nitrogens is 1. The largest absolute Gasteiger partial charge is 0.497 e. The Morgan fingerprint density at radius 1 is 1.11 bits per heavy atom. The van der Waals surface area contributed by atoms with E-state index in [0.29, 0.717) is 0 Å². The SMILES string of the molecule is COc1ccc2c(c1)CC/C2=C\c1ccncc1. The zero-order chi connectivity index (χ0) is 12.4. The van der Waals surface area contributed by atoms with E-state index in [1.165, 1.54) is 22.3 Å². The lowest BCUT2D eigenvalue weighted by Gasteiger charge is -2.04. The number of hydrogen-bond acceptors (Lipinski definition) is 2. The molecule has 90 valence electrons. The molecule has 0 amide bonds. The third-order valence-electron chi connectivity index (χ3n) is 3.37. The van der Waals surface area contributed by atoms with Crippen molar-refractivity contribution in [3.8, 4) is 5.75 Å². The number of aryl methyl sites for hydroxylation is 1. The van der Waals surface area contributed by atoms with Crippen molar-refractivity contribution in [3.05, 3.63) is 59.4 Å². The van der Waals surface area contributed by atoms with Gasteiger partial charge in [0.2, 0.25) is 0 Å². The molecule has 18 heavy (non-hydrogen) atoms. The van der Waals surface area contributed by atoms with E-state index in [4.69, 9.17) is 4.74 Å². The van der Waals surface area contributed by atoms with Crippen LogP contribution in [0.15, 0.2) is 42.7 Å². The molecular weight excluding hydrogens is 222 g/mol. The van der Waals surface area contributed by atoms with Crippen LogP contribution in [0.4, 0.5) is 0 Å². The van der Waals surface area contributed by atoms with E-state index in [1.807, 2.05) is 30.6 Å². The normalized spacial score (nSPS) is 15.7. The van der Waals surface area contributed by atoms with Crippen molar-refractivity contribution in [2.24, 2.45) is 0 Å². The van der Waals surface area contributed by atoms with Crippen LogP contribution in [-0.2, 0) is 6.42 Å². The topological polar surface area (TPSA) is 22.1 Å². The van der Waals surface area contributed by atoms with Crippen LogP contribution in [0.2, 0.25) is 0 Å². The average molecular weight is 237 g/mol. The molecule has 0 saturated heterocycles. The van der Waals surface area contributed by atoms with E-state index in [9.17, 15) is 0 Å². The van der Waals surface area contributed by atoms with Gasteiger partial charge in [0.05, 0.1) is 7.11 Å². The Balaban J connectivity index is 1.98. The van der Waals surface area contributed by atoms with Crippen molar-refractivity contribution >= 4 is 11.6 Å². The van der Waals surface area contributed by atoms with E-state index in [-0.39, 0.29) is 0 Å². The lowest BCUT2D eigenvalue weighted by molar-refractivity contribution is 0.414. The van der Waals surface area contributed by atoms with Gasteiger partial charge < -0.3 is 4.74 Å². The van der Waals surface area contributed by atoms with Gasteiger partial charge in [0.25, 0.3) is 0 Å². The minimum absolute atomic E-state index is 0.943. The third kappa shape index (κ3) is 2.02. The molecule has 0 unspecified atom stereocenters. The number of methoxy groups -OCH3 is 1. The first kappa shape index (κ1) is 11.0. The molecule has 1 aliphatic rings. The van der Waals surface area contributed by atoms with E-state index in [1.54, 1.807) is 7.11 Å². The predicted octanol–water partition coefficient (Wildman–Crippen LogP) is 3.58. The Kier molecular flexibility index (Phi) is 2.85. The highest BCUT2D eigenvalue weighted by molar-refractivity contribution is 5.85. The van der Waals surface area contributed by atoms with Crippen LogP contribution in [0.1, 0.15) is 23.1 Å². The highest BCUT2D eigenvalue weighted by Crippen LogP contribution is 2.35. The number of nitrogens with zero attached hydrogens (tertiary/aromatic N) is 1. The summed E-state index contributed by atoms with van der Waals surface area (Å²) in [5.74, 6) is 0.943. The van der Waals surface area contributed by atoms with Crippen LogP contribution in [0, 0.1) is 0 Å². The quantitative estimate of drug-likeness (QED) is 0.796. The molecular formula is C16H15NO. The highest BCUT2D eigenvalue weighted by Gasteiger charge is 2.16. The second-order valence-corrected chi connectivity index (χ2v) is 4.47. The Bertz CT molecular complexity index is 587. The van der Waals surface area contributed by atoms with Crippen LogP contribution in [-0.4, -0.2) is 12.1 Å². The van der Waals surface area contributed by atoms with Crippen LogP contribution >= 0.6 is 0 Å². The second kappa shape index (κ2) is 4.65. The fourth-order valence-corrected chi connectivity index (χ4v) is 2.43. The molecule has 1 aromatic carbocycles. The number of pyridine rings is 1. The summed E-state index contributed by atoms with van der Waals surface area (Å²) in [5.41, 5.74) is 5.35. The average Bonchev–Trinajstić information content (AvgIpc) is 2.82. The molecule has 1 aromatic heterocycles. The molecule has 2 nitrogen and oxygen atoms in total. The molecule has 0 bridgehead atoms. The molecule has 1 aliphatic carbocycles. The molecule has 2 heteroatoms. The summed E-state index contributed by atoms with van der Waals surface area (Å²) >= 11 is 0. The summed E-state index contributed by atoms with van der Waals surface area (Å²) in [4.78, 5) is 4.04. The van der Waals surface area contributed by atoms with Gasteiger partial charge in [-0.1, -0.05) is 12.1 Å². The fraction of sp³-hybridized carbons (Fsp3) is 0.188. The number of rotatable bonds is 2. The summed E-state index contributed by atoms with van der Waals surface area (Å²) < 4.78 is 5.27. The van der Waals surface area contributed by atoms with Gasteiger partial charge in [-0.3, -0.25) is 4.98 Å². The van der Waals surface area contributed by atoms with Crippen LogP contribution in [0.5, 0.6) is 5.75 Å². The smallest absolute Gasteiger partial charge is 0.119 e. The lowest BCUT2D eigenvalue weighted by Crippen LogP contribution is -1.86. The van der Waals surface area contributed by atoms with E-state index in [0.717, 1.165) is 18.6 Å². The van der Waals surface area contributed by atoms with Crippen LogP contribution < -0.4 is 4.74 Å². The molecule has 3 rings (SSSR count). The van der Waals surface area contributed by atoms with Crippen molar-refractivity contribution in [1.82, 2.24) is 4.98 Å². The molecule has 0 fully saturated rings. The first-order valence-electron chi connectivity index (χ1n) is 6.15. The summed E-state index contributed by atoms with van der Waals surface area (Å²) in [6.45, 7) is 0. The Hall–Kier alpha value is -2.09. The van der Waals surface area contributed by atoms with Crippen LogP contribution in [0.25, 0.3) is 11.6 Å². The molecule has 2 aromatic rings. The van der Waals surface area contributed by atoms with Gasteiger partial charge in [-0.2, -0.15) is 0 Å². The van der Waals surface area contributed by atoms with Crippen molar-refractivity contribution < 1.29 is 4.74 Å². The van der Waals surface area contributed by atoms with E-state index >= 15 is 0 Å². The Morgan fingerprint density at radius 2 is 1.94 bits per heavy atom. The van der Waals surface area contributed by atoms with Crippen molar-refractivity contribution in [2.75, 3.05) is 7.11 Å². The molecule has 1 heterocycles. The highest BCUT2D eigenvalue weighted by atomic mass is 16.5. The first-order valence-corrected chi connectivity index (χ1v) is 6.15. The minimum Gasteiger partial charge on any atom is -0.497 e. The number of hydrogen-bond donors (Lipinski definition) is 0. The zero-order valence-electron chi connectivity index (χ0n) is 10.4. The Morgan fingerprint density at radius 3 is 2.72 bits per heavy atom. The maximum atomic E-state index is 5.27. The summed E-state index contributed by atoms with van der Waals surface area (Å²) in [6.07, 6.45) is 8.11. The second-order valence-electron chi connectivity index (χ2n) is 4.47. The third-order valence-corrected chi connectivity index (χ3v) is 3.37. The molecule has 0 saturated carbocycles. The monoisotopic (exact) mass is 237 g/mol. The standard InChI is InChI=1S/C16H15NO/c1-18-15-4-5-16-13(2-3-14(16)11-15)10-12-6-8-17-9-7-12/h4-11H,2-3H2,1H3/b13-10+. The molecule has 0 radical (unpaired) electrons. The Labute approximate surface area is 107 Å². The predicted molar refractivity (Wildman–Crippen MR) is 73.4 cm³/mol. The number of benzene rings is 1. The summed E-state index contributed by atoms with van der Waals surface area (Å²) in [6, 6.07) is 10.4. The molecule has 0 N–H and O–H groups in total. The molecule has 0 spiro atoms. The lowest BCUT2D eigenvalue weighted by atomic mass is 10.0. The molecule has 0 atom stereocenters. The molecule has 0 aliphatic heterocycles. The van der Waals surface area contributed by atoms with Gasteiger partial charge in [-0.05, 0) is 59.4 Å². The van der Waals surface area contributed by atoms with Crippen LogP contribution in [0.3, 0.4) is 0 Å². The van der Waals surface area contributed by atoms with E-state index < -0.39 is 0 Å². The summed E-state index contributed by atoms with van der Waals surface area (Å²) in [5, 5.41) is 0. The van der Waals surface area contributed by atoms with Crippen molar-refractivity contribution in [3.63, 3.8) is 0 Å². The number of allylic oxidation sites excluding steroid dienone is 1. The minimum atomic E-state index is 0.943. The van der Waals surface area contributed by atoms with E-state index in [2.05, 4.69) is 23.2 Å². The van der Waals surface area contributed by atoms with Gasteiger partial charge in [0, 0.05) is 12.4 Å². The fourth-order valence-electron chi connectivity index (χ4n) is 2.43. The number of ether oxygens (including phenoxy) is 1. The maximum absolute atomic E-state index is 5.27. The number of fused-ring (bicyclic) bond motifs is 1. The maximum Gasteiger partial charge on any atom is 0.119 e. The van der Waals surface area contributed by atoms with Gasteiger partial charge in [-0.25, -0.2) is 0 Å². The van der Waals surface area contributed by atoms with Gasteiger partial charge >= 0.3 is 0 Å². The van der Waals surface area contributed by atoms with Gasteiger partial charge in [0.1, 0.15) is 5.75 Å². The van der Waals surface area contributed by atoms with Crippen molar-refractivity contribution in [2.45, 2.75) is 12.8 Å². The van der Waals surface area contributed by atoms with Crippen molar-refractivity contribution in [1.29, 1.82) is 0 Å². The first-order chi connectivity index (χ1) is 8.86.